The van der Waals surface area contributed by atoms with Gasteiger partial charge in [-0.25, -0.2) is 9.59 Å². The van der Waals surface area contributed by atoms with Crippen molar-refractivity contribution in [3.05, 3.63) is 70.8 Å². The number of carboxylic acids is 2. The average molecular weight is 1400 g/mol. The molecule has 0 spiro atoms. The summed E-state index contributed by atoms with van der Waals surface area (Å²) >= 11 is 0. The third kappa shape index (κ3) is 19.2. The lowest BCUT2D eigenvalue weighted by molar-refractivity contribution is -0.154. The number of aliphatic carboxylic acids is 2. The Bertz CT molecular complexity index is 3420. The van der Waals surface area contributed by atoms with Crippen molar-refractivity contribution in [1.82, 2.24) is 46.2 Å². The van der Waals surface area contributed by atoms with Crippen LogP contribution in [0.1, 0.15) is 131 Å². The molecule has 4 aliphatic heterocycles. The van der Waals surface area contributed by atoms with Crippen molar-refractivity contribution in [3.63, 3.8) is 0 Å². The molecule has 0 aromatic heterocycles. The maximum absolute atomic E-state index is 15.5. The fraction of sp³-hybridized carbons (Fsp3) is 0.606. The number of nitrogens with one attached hydrogen (secondary N) is 5. The summed E-state index contributed by atoms with van der Waals surface area (Å²) in [6, 6.07) is -1.53. The number of benzene rings is 2. The largest absolute Gasteiger partial charge is 0.480 e. The zero-order valence-electron chi connectivity index (χ0n) is 56.0. The molecule has 9 amide bonds. The number of carbonyl (C=O) groups is 11. The molecular weight excluding hydrogens is 1300 g/mol. The first-order chi connectivity index (χ1) is 47.8. The summed E-state index contributed by atoms with van der Waals surface area (Å²) in [5.74, 6) is -11.4. The second-order valence-electron chi connectivity index (χ2n) is 26.7. The lowest BCUT2D eigenvalue weighted by Crippen LogP contribution is -2.63. The van der Waals surface area contributed by atoms with Gasteiger partial charge in [0.15, 0.2) is 17.9 Å². The summed E-state index contributed by atoms with van der Waals surface area (Å²) < 4.78 is 0. The minimum Gasteiger partial charge on any atom is -0.480 e. The third-order valence-electron chi connectivity index (χ3n) is 20.0. The van der Waals surface area contributed by atoms with Crippen LogP contribution in [-0.4, -0.2) is 228 Å². The number of aliphatic hydroxyl groups is 2. The van der Waals surface area contributed by atoms with Crippen LogP contribution in [-0.2, 0) is 78.7 Å². The van der Waals surface area contributed by atoms with Crippen LogP contribution in [0.25, 0.3) is 0 Å². The predicted molar refractivity (Wildman–Crippen MR) is 362 cm³/mol. The number of likely N-dealkylation sites (tertiary alicyclic amines) is 2. The molecule has 546 valence electrons. The number of rotatable bonds is 31. The fourth-order valence-corrected chi connectivity index (χ4v) is 15.0. The van der Waals surface area contributed by atoms with Crippen molar-refractivity contribution < 1.29 is 73.2 Å². The summed E-state index contributed by atoms with van der Waals surface area (Å²) in [5.41, 5.74) is 41.7. The number of aliphatic hydroxyl groups excluding tert-OH is 2. The molecule has 0 bridgehead atoms. The van der Waals surface area contributed by atoms with Gasteiger partial charge in [-0.05, 0) is 111 Å². The van der Waals surface area contributed by atoms with Crippen LogP contribution in [0.3, 0.4) is 0 Å². The molecule has 6 aliphatic rings. The van der Waals surface area contributed by atoms with Crippen molar-refractivity contribution in [2.75, 3.05) is 32.8 Å². The summed E-state index contributed by atoms with van der Waals surface area (Å²) in [6.07, 6.45) is 5.28. The zero-order chi connectivity index (χ0) is 72.5. The van der Waals surface area contributed by atoms with E-state index in [2.05, 4.69) is 41.6 Å². The van der Waals surface area contributed by atoms with E-state index in [0.717, 1.165) is 25.7 Å². The Morgan fingerprint density at radius 2 is 0.850 bits per heavy atom. The standard InChI is InChI=1S/C66H97N19O15/c67-41(18-9-23-74-64(68)69)54(89)80-44(55(90)81-46(34-87)59(94)83-32-40-17-4-2-13-36(40)27-52(83)61(96)85-48-22-8-6-15-38(48)29-50(85)57(92)79-43(63(99)100)20-11-25-76-66(72)73)30-53(88)77-45(33-86)58(93)82-31-39-16-3-1-12-35(39)26-51(82)60(95)84-47-21-7-5-14-37(47)28-49(84)56(91)78-42(62(97)98)19-10-24-75-65(70)71/h1-4,12-13,16-17,37-38,41-52,86-87H,5-11,14-15,18-34,67H2,(H,77,88)(H,78,91)(H,79,92)(H,80,89)(H,81,90)(H,97,98)(H,99,100)(H4,68,69,74)(H4,70,71,75)(H4,72,73,76)/t37?,38?,41-,42-,43-,44+,45-,46-,47?,48?,49-,50-,51+,52+/m0/s1. The minimum atomic E-state index is -1.93. The van der Waals surface area contributed by atoms with Gasteiger partial charge < -0.3 is 107 Å². The number of nitrogens with zero attached hydrogens (tertiary/aromatic N) is 7. The molecule has 34 nitrogen and oxygen atoms in total. The number of amides is 9. The van der Waals surface area contributed by atoms with Crippen molar-refractivity contribution >= 4 is 83.0 Å². The van der Waals surface area contributed by atoms with E-state index in [1.807, 2.05) is 0 Å². The normalized spacial score (nSPS) is 23.1. The van der Waals surface area contributed by atoms with E-state index in [9.17, 15) is 54.0 Å². The smallest absolute Gasteiger partial charge is 0.326 e. The van der Waals surface area contributed by atoms with Gasteiger partial charge >= 0.3 is 11.9 Å². The molecule has 4 heterocycles. The Hall–Kier alpha value is -9.70. The predicted octanol–water partition coefficient (Wildman–Crippen LogP) is -4.33. The first-order valence-corrected chi connectivity index (χ1v) is 34.3. The molecule has 100 heavy (non-hydrogen) atoms. The van der Waals surface area contributed by atoms with Gasteiger partial charge in [0.05, 0.1) is 25.7 Å². The first kappa shape index (κ1) is 76.1. The van der Waals surface area contributed by atoms with E-state index in [-0.39, 0.29) is 127 Å². The van der Waals surface area contributed by atoms with Gasteiger partial charge in [0.25, 0.3) is 0 Å². The summed E-state index contributed by atoms with van der Waals surface area (Å²) in [6.45, 7) is -2.30. The van der Waals surface area contributed by atoms with Gasteiger partial charge in [0.1, 0.15) is 54.4 Å². The van der Waals surface area contributed by atoms with Gasteiger partial charge in [-0.15, -0.1) is 0 Å². The molecule has 0 radical (unpaired) electrons. The van der Waals surface area contributed by atoms with E-state index in [1.165, 1.54) is 19.6 Å². The van der Waals surface area contributed by atoms with Crippen molar-refractivity contribution in [1.29, 1.82) is 0 Å². The third-order valence-corrected chi connectivity index (χ3v) is 20.0. The van der Waals surface area contributed by atoms with Crippen LogP contribution >= 0.6 is 0 Å². The second kappa shape index (κ2) is 35.4. The average Bonchev–Trinajstić information content (AvgIpc) is 1.48. The van der Waals surface area contributed by atoms with Crippen LogP contribution in [0.4, 0.5) is 0 Å². The molecule has 2 saturated heterocycles. The number of hydrogen-bond acceptors (Lipinski definition) is 17. The summed E-state index contributed by atoms with van der Waals surface area (Å²) in [7, 11) is 0. The molecule has 2 saturated carbocycles. The molecule has 4 unspecified atom stereocenters. The molecule has 8 rings (SSSR count). The Balaban J connectivity index is 1.04. The lowest BCUT2D eigenvalue weighted by atomic mass is 9.84. The van der Waals surface area contributed by atoms with Crippen LogP contribution in [0, 0.1) is 11.8 Å². The number of carboxylic acid groups (broad SMARTS) is 2. The zero-order valence-corrected chi connectivity index (χ0v) is 56.0. The van der Waals surface area contributed by atoms with E-state index in [4.69, 9.17) is 40.1 Å². The highest BCUT2D eigenvalue weighted by Crippen LogP contribution is 2.43. The molecular formula is C66H97N19O15. The number of aliphatic imine (C=N–C) groups is 3. The maximum Gasteiger partial charge on any atom is 0.326 e. The highest BCUT2D eigenvalue weighted by molar-refractivity contribution is 6.00. The van der Waals surface area contributed by atoms with Crippen LogP contribution in [0.5, 0.6) is 0 Å². The first-order valence-electron chi connectivity index (χ1n) is 34.3. The Morgan fingerprint density at radius 3 is 1.25 bits per heavy atom. The quantitative estimate of drug-likeness (QED) is 0.0193. The SMILES string of the molecule is NC(N)=NCCC[C@H](NC(=O)[C@@H]1CC2CCCCC2N1C(=O)[C@H]1Cc2ccccc2CN1C(=O)[C@H](CO)NC(=O)C[C@@H](NC(=O)[C@@H](N)CCCN=C(N)N)C(=O)N[C@@H](CO)C(=O)N1Cc2ccccc2C[C@@H]1C(=O)N1C2CCCCC2C[C@H]1C(=O)N[C@@H](CCCN=C(N)N)C(=O)O)C(=O)O. The second-order valence-corrected chi connectivity index (χ2v) is 26.7. The minimum absolute atomic E-state index is 0.0327. The van der Waals surface area contributed by atoms with Crippen molar-refractivity contribution in [2.45, 2.75) is 208 Å². The highest BCUT2D eigenvalue weighted by Gasteiger charge is 2.54. The molecule has 14 atom stereocenters. The van der Waals surface area contributed by atoms with E-state index in [1.54, 1.807) is 48.5 Å². The monoisotopic (exact) mass is 1400 g/mol. The van der Waals surface area contributed by atoms with Gasteiger partial charge in [-0.1, -0.05) is 74.2 Å². The molecule has 2 aromatic rings. The summed E-state index contributed by atoms with van der Waals surface area (Å²) in [4.78, 5) is 175. The number of carbonyl (C=O) groups excluding carboxylic acids is 9. The van der Waals surface area contributed by atoms with Gasteiger partial charge in [-0.2, -0.15) is 0 Å². The van der Waals surface area contributed by atoms with Crippen molar-refractivity contribution in [3.8, 4) is 0 Å². The Labute approximate surface area is 578 Å². The number of fused-ring (bicyclic) bond motifs is 4. The molecule has 34 heteroatoms. The van der Waals surface area contributed by atoms with Gasteiger partial charge in [0.2, 0.25) is 53.2 Å². The number of nitrogens with two attached hydrogens (primary N) is 7. The topological polar surface area (TPSA) is 561 Å². The van der Waals surface area contributed by atoms with Crippen LogP contribution in [0.2, 0.25) is 0 Å². The summed E-state index contributed by atoms with van der Waals surface area (Å²) in [5, 5.41) is 55.1. The Kier molecular flexibility index (Phi) is 26.9. The van der Waals surface area contributed by atoms with Gasteiger partial charge in [-0.3, -0.25) is 58.1 Å². The molecule has 4 fully saturated rings. The number of hydrogen-bond donors (Lipinski definition) is 16. The number of guanidine groups is 3. The Morgan fingerprint density at radius 1 is 0.470 bits per heavy atom. The van der Waals surface area contributed by atoms with Crippen LogP contribution < -0.4 is 66.7 Å². The molecule has 2 aliphatic carbocycles. The highest BCUT2D eigenvalue weighted by atomic mass is 16.4. The van der Waals surface area contributed by atoms with E-state index >= 15 is 19.2 Å². The molecule has 23 N–H and O–H groups in total. The van der Waals surface area contributed by atoms with Crippen LogP contribution in [0.15, 0.2) is 63.5 Å². The van der Waals surface area contributed by atoms with E-state index < -0.39 is 157 Å². The maximum atomic E-state index is 15.5. The lowest BCUT2D eigenvalue weighted by Gasteiger charge is -2.42. The van der Waals surface area contributed by atoms with E-state index in [0.29, 0.717) is 47.9 Å². The fourth-order valence-electron chi connectivity index (χ4n) is 15.0. The molecule has 2 aromatic carbocycles. The van der Waals surface area contributed by atoms with Gasteiger partial charge in [0, 0.05) is 57.6 Å². The van der Waals surface area contributed by atoms with Crippen molar-refractivity contribution in [2.24, 2.45) is 66.9 Å².